The van der Waals surface area contributed by atoms with Crippen LogP contribution in [0.3, 0.4) is 0 Å². The van der Waals surface area contributed by atoms with Crippen LogP contribution in [-0.4, -0.2) is 55.4 Å². The second-order valence-corrected chi connectivity index (χ2v) is 7.71. The molecule has 29 heavy (non-hydrogen) atoms. The Bertz CT molecular complexity index is 959. The van der Waals surface area contributed by atoms with Crippen LogP contribution in [0.5, 0.6) is 5.75 Å². The van der Waals surface area contributed by atoms with Gasteiger partial charge in [0.15, 0.2) is 0 Å². The van der Waals surface area contributed by atoms with Gasteiger partial charge in [-0.15, -0.1) is 0 Å². The summed E-state index contributed by atoms with van der Waals surface area (Å²) < 4.78 is 18.9. The quantitative estimate of drug-likeness (QED) is 0.656. The Balaban J connectivity index is 1.27. The number of halogens is 2. The fraction of sp³-hybridized carbons (Fsp3) is 0.304. The van der Waals surface area contributed by atoms with Crippen molar-refractivity contribution in [1.29, 1.82) is 0 Å². The summed E-state index contributed by atoms with van der Waals surface area (Å²) in [7, 11) is 0. The molecule has 1 aliphatic rings. The number of anilines is 1. The van der Waals surface area contributed by atoms with Crippen LogP contribution in [0.4, 0.5) is 10.1 Å². The molecule has 0 unspecified atom stereocenters. The second kappa shape index (κ2) is 8.99. The van der Waals surface area contributed by atoms with Gasteiger partial charge in [0.1, 0.15) is 24.3 Å². The van der Waals surface area contributed by atoms with E-state index in [1.807, 2.05) is 36.4 Å². The van der Waals surface area contributed by atoms with Crippen LogP contribution in [-0.2, 0) is 0 Å². The van der Waals surface area contributed by atoms with E-state index in [4.69, 9.17) is 16.3 Å². The number of hydrogen-bond acceptors (Lipinski definition) is 4. The van der Waals surface area contributed by atoms with E-state index in [0.717, 1.165) is 42.6 Å². The second-order valence-electron chi connectivity index (χ2n) is 7.33. The molecule has 1 fully saturated rings. The van der Waals surface area contributed by atoms with Crippen LogP contribution in [0.2, 0.25) is 5.02 Å². The van der Waals surface area contributed by atoms with Gasteiger partial charge in [-0.25, -0.2) is 4.39 Å². The largest absolute Gasteiger partial charge is 0.489 e. The Labute approximate surface area is 175 Å². The maximum Gasteiger partial charge on any atom is 0.138 e. The Kier molecular flexibility index (Phi) is 6.19. The highest BCUT2D eigenvalue weighted by atomic mass is 35.5. The molecule has 6 heteroatoms. The third-order valence-corrected chi connectivity index (χ3v) is 5.68. The summed E-state index contributed by atoms with van der Waals surface area (Å²) in [5, 5.41) is 13.0. The molecule has 0 spiro atoms. The van der Waals surface area contributed by atoms with Crippen LogP contribution >= 0.6 is 11.6 Å². The Morgan fingerprint density at radius 3 is 2.45 bits per heavy atom. The summed E-state index contributed by atoms with van der Waals surface area (Å²) >= 11 is 6.45. The van der Waals surface area contributed by atoms with E-state index in [2.05, 4.69) is 9.80 Å². The first-order valence-corrected chi connectivity index (χ1v) is 10.2. The Morgan fingerprint density at radius 1 is 0.966 bits per heavy atom. The minimum Gasteiger partial charge on any atom is -0.489 e. The molecule has 0 saturated carbocycles. The van der Waals surface area contributed by atoms with E-state index in [1.165, 1.54) is 12.1 Å². The van der Waals surface area contributed by atoms with Crippen molar-refractivity contribution in [2.45, 2.75) is 6.10 Å². The van der Waals surface area contributed by atoms with Crippen molar-refractivity contribution in [3.05, 3.63) is 71.5 Å². The van der Waals surface area contributed by atoms with Gasteiger partial charge in [-0.2, -0.15) is 0 Å². The molecule has 1 aliphatic heterocycles. The minimum absolute atomic E-state index is 0.191. The average Bonchev–Trinajstić information content (AvgIpc) is 2.75. The standard InChI is InChI=1S/C23H24ClFN2O2/c24-23-21-4-2-1-3-17(21)5-10-22(23)29-16-20(28)15-26-11-13-27(14-12-26)19-8-6-18(25)7-9-19/h1-10,20,28H,11-16H2/t20-/m0/s1. The smallest absolute Gasteiger partial charge is 0.138 e. The van der Waals surface area contributed by atoms with Crippen molar-refractivity contribution >= 4 is 28.1 Å². The zero-order valence-corrected chi connectivity index (χ0v) is 16.9. The molecule has 0 amide bonds. The lowest BCUT2D eigenvalue weighted by atomic mass is 10.1. The highest BCUT2D eigenvalue weighted by Crippen LogP contribution is 2.32. The molecule has 3 aromatic rings. The summed E-state index contributed by atoms with van der Waals surface area (Å²) in [6.45, 7) is 4.10. The molecular weight excluding hydrogens is 391 g/mol. The first-order valence-electron chi connectivity index (χ1n) is 9.81. The van der Waals surface area contributed by atoms with E-state index in [1.54, 1.807) is 12.1 Å². The number of β-amino-alcohol motifs (C(OH)–C–C–N with tert-alkyl or cyclic N) is 1. The molecule has 1 N–H and O–H groups in total. The lowest BCUT2D eigenvalue weighted by molar-refractivity contribution is 0.0664. The molecule has 1 saturated heterocycles. The Morgan fingerprint density at radius 2 is 1.69 bits per heavy atom. The minimum atomic E-state index is -0.602. The molecule has 1 atom stereocenters. The fourth-order valence-corrected chi connectivity index (χ4v) is 3.99. The van der Waals surface area contributed by atoms with Crippen LogP contribution in [0.25, 0.3) is 10.8 Å². The number of benzene rings is 3. The topological polar surface area (TPSA) is 35.9 Å². The molecule has 152 valence electrons. The fourth-order valence-electron chi connectivity index (χ4n) is 3.70. The zero-order valence-electron chi connectivity index (χ0n) is 16.1. The van der Waals surface area contributed by atoms with Crippen molar-refractivity contribution in [3.63, 3.8) is 0 Å². The lowest BCUT2D eigenvalue weighted by Gasteiger charge is -2.36. The number of ether oxygens (including phenoxy) is 1. The van der Waals surface area contributed by atoms with Gasteiger partial charge in [0, 0.05) is 43.8 Å². The first kappa shape index (κ1) is 20.0. The monoisotopic (exact) mass is 414 g/mol. The number of fused-ring (bicyclic) bond motifs is 1. The summed E-state index contributed by atoms with van der Waals surface area (Å²) in [5.41, 5.74) is 1.03. The number of nitrogens with zero attached hydrogens (tertiary/aromatic N) is 2. The molecule has 0 radical (unpaired) electrons. The van der Waals surface area contributed by atoms with Gasteiger partial charge in [-0.05, 0) is 35.7 Å². The van der Waals surface area contributed by atoms with Crippen LogP contribution in [0.15, 0.2) is 60.7 Å². The van der Waals surface area contributed by atoms with Crippen molar-refractivity contribution in [3.8, 4) is 5.75 Å². The SMILES string of the molecule is O[C@H](COc1ccc2ccccc2c1Cl)CN1CCN(c2ccc(F)cc2)CC1. The molecule has 0 aromatic heterocycles. The molecular formula is C23H24ClFN2O2. The molecule has 4 nitrogen and oxygen atoms in total. The maximum absolute atomic E-state index is 13.1. The third-order valence-electron chi connectivity index (χ3n) is 5.29. The van der Waals surface area contributed by atoms with Gasteiger partial charge in [0.05, 0.1) is 5.02 Å². The van der Waals surface area contributed by atoms with Gasteiger partial charge in [-0.3, -0.25) is 4.90 Å². The lowest BCUT2D eigenvalue weighted by Crippen LogP contribution is -2.49. The van der Waals surface area contributed by atoms with Crippen LogP contribution in [0, 0.1) is 5.82 Å². The van der Waals surface area contributed by atoms with Crippen LogP contribution < -0.4 is 9.64 Å². The summed E-state index contributed by atoms with van der Waals surface area (Å²) in [4.78, 5) is 4.45. The summed E-state index contributed by atoms with van der Waals surface area (Å²) in [6.07, 6.45) is -0.602. The predicted molar refractivity (Wildman–Crippen MR) is 116 cm³/mol. The molecule has 0 aliphatic carbocycles. The normalized spacial score (nSPS) is 16.2. The van der Waals surface area contributed by atoms with E-state index >= 15 is 0 Å². The van der Waals surface area contributed by atoms with Gasteiger partial charge < -0.3 is 14.7 Å². The predicted octanol–water partition coefficient (Wildman–Crippen LogP) is 4.19. The van der Waals surface area contributed by atoms with Crippen LogP contribution in [0.1, 0.15) is 0 Å². The molecule has 0 bridgehead atoms. The number of aliphatic hydroxyl groups excluding tert-OH is 1. The highest BCUT2D eigenvalue weighted by Gasteiger charge is 2.20. The number of piperazine rings is 1. The van der Waals surface area contributed by atoms with Gasteiger partial charge in [0.25, 0.3) is 0 Å². The summed E-state index contributed by atoms with van der Waals surface area (Å²) in [5.74, 6) is 0.368. The van der Waals surface area contributed by atoms with Gasteiger partial charge in [-0.1, -0.05) is 41.9 Å². The first-order chi connectivity index (χ1) is 14.1. The maximum atomic E-state index is 13.1. The van der Waals surface area contributed by atoms with Gasteiger partial charge >= 0.3 is 0 Å². The highest BCUT2D eigenvalue weighted by molar-refractivity contribution is 6.37. The van der Waals surface area contributed by atoms with E-state index in [9.17, 15) is 9.50 Å². The number of hydrogen-bond donors (Lipinski definition) is 1. The van der Waals surface area contributed by atoms with Gasteiger partial charge in [0.2, 0.25) is 0 Å². The zero-order chi connectivity index (χ0) is 20.2. The van der Waals surface area contributed by atoms with E-state index in [-0.39, 0.29) is 12.4 Å². The molecule has 1 heterocycles. The number of aliphatic hydroxyl groups is 1. The summed E-state index contributed by atoms with van der Waals surface area (Å²) in [6, 6.07) is 18.3. The van der Waals surface area contributed by atoms with Crippen molar-refractivity contribution in [2.24, 2.45) is 0 Å². The average molecular weight is 415 g/mol. The van der Waals surface area contributed by atoms with Crippen molar-refractivity contribution in [2.75, 3.05) is 44.2 Å². The van der Waals surface area contributed by atoms with E-state index in [0.29, 0.717) is 17.3 Å². The molecule has 4 rings (SSSR count). The van der Waals surface area contributed by atoms with E-state index < -0.39 is 6.10 Å². The van der Waals surface area contributed by atoms with Crippen molar-refractivity contribution < 1.29 is 14.2 Å². The van der Waals surface area contributed by atoms with Crippen molar-refractivity contribution in [1.82, 2.24) is 4.90 Å². The molecule has 3 aromatic carbocycles. The third kappa shape index (κ3) is 4.81. The number of rotatable bonds is 6. The Hall–Kier alpha value is -2.34.